The van der Waals surface area contributed by atoms with Crippen molar-refractivity contribution in [2.45, 2.75) is 12.7 Å². The minimum Gasteiger partial charge on any atom is -0.406 e. The van der Waals surface area contributed by atoms with Gasteiger partial charge in [-0.1, -0.05) is 24.3 Å². The topological polar surface area (TPSA) is 161 Å². The van der Waals surface area contributed by atoms with Gasteiger partial charge in [0.05, 0.1) is 20.2 Å². The van der Waals surface area contributed by atoms with Crippen molar-refractivity contribution < 1.29 is 35.8 Å². The first kappa shape index (κ1) is 32.8. The first-order valence-electron chi connectivity index (χ1n) is 12.8. The maximum absolute atomic E-state index is 12.9. The number of hydrogen-bond donors (Lipinski definition) is 0. The summed E-state index contributed by atoms with van der Waals surface area (Å²) in [4.78, 5) is 0. The lowest BCUT2D eigenvalue weighted by Gasteiger charge is -2.15. The highest BCUT2D eigenvalue weighted by molar-refractivity contribution is 7.20. The van der Waals surface area contributed by atoms with E-state index in [9.17, 15) is 57.9 Å². The highest BCUT2D eigenvalue weighted by Gasteiger charge is 2.33. The predicted molar refractivity (Wildman–Crippen MR) is 159 cm³/mol. The molecule has 0 aliphatic heterocycles. The second-order valence-electron chi connectivity index (χ2n) is 9.34. The third kappa shape index (κ3) is 5.89. The Morgan fingerprint density at radius 1 is 0.521 bits per heavy atom. The molecule has 5 rings (SSSR count). The summed E-state index contributed by atoms with van der Waals surface area (Å²) in [7, 11) is 0. The van der Waals surface area contributed by atoms with Crippen LogP contribution in [0.25, 0.3) is 53.6 Å². The van der Waals surface area contributed by atoms with Crippen LogP contribution in [0, 0.1) is 68.0 Å². The van der Waals surface area contributed by atoms with E-state index in [1.54, 1.807) is 24.3 Å². The van der Waals surface area contributed by atoms with E-state index in [4.69, 9.17) is 0 Å². The number of ether oxygens (including phenoxy) is 2. The van der Waals surface area contributed by atoms with Gasteiger partial charge in [0.15, 0.2) is 0 Å². The van der Waals surface area contributed by atoms with Gasteiger partial charge < -0.3 is 9.47 Å². The van der Waals surface area contributed by atoms with Gasteiger partial charge in [0.1, 0.15) is 59.1 Å². The fourth-order valence-corrected chi connectivity index (χ4v) is 7.49. The minimum absolute atomic E-state index is 0.0771. The SMILES string of the molecule is N#CC(C#N)=c1sc2c(-c3ccc(OC(F)(F)F)cc3)c3c(C#N)c(=C(C#N)C#N)sc3c(-c3ccc(OC(F)(F)F)cc3)c2c1C#N. The molecule has 0 bridgehead atoms. The Balaban J connectivity index is 2.07. The fraction of sp³-hybridized carbons (Fsp3) is 0.0625. The van der Waals surface area contributed by atoms with Crippen LogP contribution in [-0.2, 0) is 0 Å². The Morgan fingerprint density at radius 3 is 1.08 bits per heavy atom. The summed E-state index contributed by atoms with van der Waals surface area (Å²) in [6, 6.07) is 19.8. The van der Waals surface area contributed by atoms with Crippen LogP contribution < -0.4 is 18.5 Å². The molecule has 2 aromatic heterocycles. The molecule has 0 N–H and O–H groups in total. The molecule has 0 amide bonds. The standard InChI is InChI=1S/C32H8F6N6O2S2/c33-31(34,35)45-19-5-1-15(2-6-19)23-25-21(13-43)27(17(9-39)10-40)48-30(25)24(16-3-7-20(8-4-16)46-32(36,37)38)26-22(14-44)28(47-29(23)26)18(11-41)12-42/h1-8H. The van der Waals surface area contributed by atoms with E-state index >= 15 is 0 Å². The lowest BCUT2D eigenvalue weighted by atomic mass is 9.90. The molecule has 0 saturated heterocycles. The van der Waals surface area contributed by atoms with Crippen LogP contribution >= 0.6 is 22.7 Å². The average molecular weight is 687 g/mol. The van der Waals surface area contributed by atoms with E-state index in [0.717, 1.165) is 46.9 Å². The van der Waals surface area contributed by atoms with Crippen molar-refractivity contribution in [3.05, 3.63) is 68.7 Å². The number of fused-ring (bicyclic) bond motifs is 2. The van der Waals surface area contributed by atoms with Gasteiger partial charge in [-0.05, 0) is 35.4 Å². The average Bonchev–Trinajstić information content (AvgIpc) is 3.59. The zero-order valence-electron chi connectivity index (χ0n) is 23.2. The minimum atomic E-state index is -5.01. The van der Waals surface area contributed by atoms with Crippen molar-refractivity contribution in [2.75, 3.05) is 0 Å². The van der Waals surface area contributed by atoms with E-state index < -0.39 is 35.4 Å². The second-order valence-corrected chi connectivity index (χ2v) is 11.4. The molecule has 16 heteroatoms. The van der Waals surface area contributed by atoms with Crippen molar-refractivity contribution in [2.24, 2.45) is 0 Å². The molecule has 0 atom stereocenters. The maximum atomic E-state index is 12.9. The zero-order valence-corrected chi connectivity index (χ0v) is 24.8. The molecule has 0 spiro atoms. The number of alkyl halides is 6. The summed E-state index contributed by atoms with van der Waals surface area (Å²) >= 11 is 1.59. The van der Waals surface area contributed by atoms with Crippen LogP contribution in [0.1, 0.15) is 11.1 Å². The second kappa shape index (κ2) is 12.3. The van der Waals surface area contributed by atoms with E-state index in [-0.39, 0.29) is 62.6 Å². The fourth-order valence-electron chi connectivity index (χ4n) is 4.93. The van der Waals surface area contributed by atoms with E-state index in [0.29, 0.717) is 0 Å². The van der Waals surface area contributed by atoms with Crippen LogP contribution in [-0.4, -0.2) is 12.7 Å². The number of nitriles is 6. The first-order chi connectivity index (χ1) is 22.8. The molecular weight excluding hydrogens is 679 g/mol. The van der Waals surface area contributed by atoms with Crippen LogP contribution in [0.5, 0.6) is 11.5 Å². The summed E-state index contributed by atoms with van der Waals surface area (Å²) in [6.45, 7) is 0. The maximum Gasteiger partial charge on any atom is 0.573 e. The van der Waals surface area contributed by atoms with Gasteiger partial charge >= 0.3 is 12.7 Å². The highest BCUT2D eigenvalue weighted by atomic mass is 32.1. The Bertz CT molecular complexity index is 2330. The monoisotopic (exact) mass is 686 g/mol. The van der Waals surface area contributed by atoms with Gasteiger partial charge in [0.25, 0.3) is 0 Å². The molecule has 48 heavy (non-hydrogen) atoms. The Labute approximate surface area is 272 Å². The molecule has 3 aromatic carbocycles. The number of benzene rings is 3. The lowest BCUT2D eigenvalue weighted by molar-refractivity contribution is -0.275. The Kier molecular flexibility index (Phi) is 8.43. The van der Waals surface area contributed by atoms with Crippen LogP contribution in [0.15, 0.2) is 48.5 Å². The van der Waals surface area contributed by atoms with E-state index in [2.05, 4.69) is 9.47 Å². The van der Waals surface area contributed by atoms with Gasteiger partial charge in [-0.25, -0.2) is 0 Å². The molecule has 232 valence electrons. The van der Waals surface area contributed by atoms with Gasteiger partial charge in [-0.2, -0.15) is 31.6 Å². The number of hydrogen-bond acceptors (Lipinski definition) is 10. The Morgan fingerprint density at radius 2 is 0.833 bits per heavy atom. The van der Waals surface area contributed by atoms with Gasteiger partial charge in [-0.15, -0.1) is 49.0 Å². The molecule has 0 aliphatic rings. The van der Waals surface area contributed by atoms with E-state index in [1.165, 1.54) is 24.3 Å². The molecule has 0 unspecified atom stereocenters. The molecule has 0 radical (unpaired) electrons. The number of rotatable bonds is 4. The smallest absolute Gasteiger partial charge is 0.406 e. The van der Waals surface area contributed by atoms with Crippen LogP contribution in [0.2, 0.25) is 0 Å². The van der Waals surface area contributed by atoms with Gasteiger partial charge in [0.2, 0.25) is 0 Å². The van der Waals surface area contributed by atoms with Crippen molar-refractivity contribution in [3.63, 3.8) is 0 Å². The lowest BCUT2D eigenvalue weighted by Crippen LogP contribution is -2.17. The normalized spacial score (nSPS) is 11.0. The largest absolute Gasteiger partial charge is 0.573 e. The summed E-state index contributed by atoms with van der Waals surface area (Å²) in [6.07, 6.45) is -10.0. The Hall–Kier alpha value is -6.56. The molecule has 5 aromatic rings. The zero-order chi connectivity index (χ0) is 35.0. The summed E-state index contributed by atoms with van der Waals surface area (Å²) in [5.41, 5.74) is -0.612. The van der Waals surface area contributed by atoms with Crippen molar-refractivity contribution in [3.8, 4) is 70.2 Å². The number of nitrogens with zero attached hydrogens (tertiary/aromatic N) is 6. The van der Waals surface area contributed by atoms with Gasteiger partial charge in [-0.3, -0.25) is 0 Å². The van der Waals surface area contributed by atoms with Crippen molar-refractivity contribution in [1.29, 1.82) is 31.6 Å². The number of halogens is 6. The molecular formula is C32H8F6N6O2S2. The van der Waals surface area contributed by atoms with Crippen LogP contribution in [0.3, 0.4) is 0 Å². The summed E-state index contributed by atoms with van der Waals surface area (Å²) in [5, 5.41) is 59.7. The summed E-state index contributed by atoms with van der Waals surface area (Å²) < 4.78 is 85.6. The quantitative estimate of drug-likeness (QED) is 0.177. The number of thiophene rings is 2. The third-order valence-corrected chi connectivity index (χ3v) is 9.10. The van der Waals surface area contributed by atoms with Crippen molar-refractivity contribution in [1.82, 2.24) is 0 Å². The van der Waals surface area contributed by atoms with Crippen molar-refractivity contribution >= 4 is 54.0 Å². The molecule has 0 aliphatic carbocycles. The first-order valence-corrected chi connectivity index (χ1v) is 14.4. The molecule has 0 saturated carbocycles. The molecule has 8 nitrogen and oxygen atoms in total. The highest BCUT2D eigenvalue weighted by Crippen LogP contribution is 2.49. The van der Waals surface area contributed by atoms with E-state index in [1.807, 2.05) is 12.1 Å². The molecule has 0 fully saturated rings. The third-order valence-electron chi connectivity index (χ3n) is 6.65. The van der Waals surface area contributed by atoms with Crippen LogP contribution in [0.4, 0.5) is 26.3 Å². The predicted octanol–water partition coefficient (Wildman–Crippen LogP) is 7.39. The molecule has 2 heterocycles. The van der Waals surface area contributed by atoms with Gasteiger partial charge in [0, 0.05) is 31.3 Å². The summed E-state index contributed by atoms with van der Waals surface area (Å²) in [5.74, 6) is -1.16.